The van der Waals surface area contributed by atoms with Gasteiger partial charge in [-0.2, -0.15) is 0 Å². The molecule has 4 nitrogen and oxygen atoms in total. The van der Waals surface area contributed by atoms with E-state index in [1.807, 2.05) is 19.9 Å². The summed E-state index contributed by atoms with van der Waals surface area (Å²) in [5, 5.41) is 21.8. The second kappa shape index (κ2) is 5.87. The van der Waals surface area contributed by atoms with Crippen LogP contribution in [0.5, 0.6) is 11.5 Å². The van der Waals surface area contributed by atoms with E-state index in [1.54, 1.807) is 24.3 Å². The molecule has 2 rings (SSSR count). The molecule has 2 aromatic rings. The van der Waals surface area contributed by atoms with Gasteiger partial charge in [0.25, 0.3) is 0 Å². The van der Waals surface area contributed by atoms with E-state index in [-0.39, 0.29) is 17.1 Å². The summed E-state index contributed by atoms with van der Waals surface area (Å²) in [6.45, 7) is 3.85. The number of fused-ring (bicyclic) bond motifs is 1. The molecule has 0 aliphatic heterocycles. The first kappa shape index (κ1) is 14.9. The highest BCUT2D eigenvalue weighted by atomic mass is 16.5. The zero-order chi connectivity index (χ0) is 15.6. The number of esters is 1. The molecule has 0 saturated carbocycles. The van der Waals surface area contributed by atoms with E-state index in [2.05, 4.69) is 0 Å². The highest BCUT2D eigenvalue weighted by Gasteiger charge is 2.23. The Kier molecular flexibility index (Phi) is 4.17. The molecule has 0 atom stereocenters. The molecular weight excluding hydrogens is 268 g/mol. The van der Waals surface area contributed by atoms with Crippen LogP contribution in [0.2, 0.25) is 0 Å². The minimum absolute atomic E-state index is 0.00120. The Morgan fingerprint density at radius 1 is 1.14 bits per heavy atom. The van der Waals surface area contributed by atoms with Crippen LogP contribution in [0.25, 0.3) is 10.8 Å². The fourth-order valence-corrected chi connectivity index (χ4v) is 2.28. The molecule has 2 aromatic carbocycles. The van der Waals surface area contributed by atoms with E-state index in [4.69, 9.17) is 4.74 Å². The number of phenolic OH excluding ortho intramolecular Hbond substituents is 2. The fraction of sp³-hybridized carbons (Fsp3) is 0.235. The molecule has 2 N–H and O–H groups in total. The molecular formula is C17H18O4. The first-order valence-electron chi connectivity index (χ1n) is 6.64. The van der Waals surface area contributed by atoms with E-state index in [1.165, 1.54) is 7.11 Å². The Balaban J connectivity index is 2.82. The Hall–Kier alpha value is -2.49. The topological polar surface area (TPSA) is 66.8 Å². The van der Waals surface area contributed by atoms with E-state index in [0.29, 0.717) is 22.8 Å². The van der Waals surface area contributed by atoms with Crippen LogP contribution in [0, 0.1) is 0 Å². The number of methoxy groups -OCH3 is 1. The lowest BCUT2D eigenvalue weighted by Gasteiger charge is -2.14. The van der Waals surface area contributed by atoms with Gasteiger partial charge in [-0.05, 0) is 20.3 Å². The largest absolute Gasteiger partial charge is 0.507 e. The summed E-state index contributed by atoms with van der Waals surface area (Å²) in [5.74, 6) is -0.820. The van der Waals surface area contributed by atoms with Crippen LogP contribution in [0.1, 0.15) is 29.8 Å². The van der Waals surface area contributed by atoms with Crippen molar-refractivity contribution in [1.82, 2.24) is 0 Å². The highest BCUT2D eigenvalue weighted by Crippen LogP contribution is 2.40. The zero-order valence-electron chi connectivity index (χ0n) is 12.3. The van der Waals surface area contributed by atoms with Crippen LogP contribution in [-0.4, -0.2) is 23.3 Å². The molecule has 4 heteroatoms. The molecule has 0 radical (unpaired) electrons. The predicted molar refractivity (Wildman–Crippen MR) is 81.8 cm³/mol. The first-order valence-corrected chi connectivity index (χ1v) is 6.64. The van der Waals surface area contributed by atoms with Crippen molar-refractivity contribution >= 4 is 16.7 Å². The third kappa shape index (κ3) is 2.70. The Morgan fingerprint density at radius 2 is 1.71 bits per heavy atom. The SMILES string of the molecule is COC(=O)c1c(CC=C(C)C)c(O)c2ccccc2c1O. The molecule has 0 aliphatic carbocycles. The van der Waals surface area contributed by atoms with Crippen LogP contribution in [0.4, 0.5) is 0 Å². The second-order valence-electron chi connectivity index (χ2n) is 5.07. The lowest BCUT2D eigenvalue weighted by molar-refractivity contribution is 0.0596. The van der Waals surface area contributed by atoms with Gasteiger partial charge in [-0.3, -0.25) is 0 Å². The number of ether oxygens (including phenoxy) is 1. The molecule has 0 aliphatic rings. The molecule has 110 valence electrons. The van der Waals surface area contributed by atoms with Gasteiger partial charge in [0.2, 0.25) is 0 Å². The quantitative estimate of drug-likeness (QED) is 0.514. The summed E-state index contributed by atoms with van der Waals surface area (Å²) in [6, 6.07) is 6.86. The molecule has 0 bridgehead atoms. The third-order valence-electron chi connectivity index (χ3n) is 3.37. The van der Waals surface area contributed by atoms with Gasteiger partial charge in [-0.1, -0.05) is 35.9 Å². The van der Waals surface area contributed by atoms with Crippen LogP contribution in [0.3, 0.4) is 0 Å². The first-order chi connectivity index (χ1) is 9.97. The number of carbonyl (C=O) groups excluding carboxylic acids is 1. The monoisotopic (exact) mass is 286 g/mol. The molecule has 0 fully saturated rings. The summed E-state index contributed by atoms with van der Waals surface area (Å²) in [6.07, 6.45) is 2.23. The van der Waals surface area contributed by atoms with E-state index >= 15 is 0 Å². The van der Waals surface area contributed by atoms with Gasteiger partial charge in [0.1, 0.15) is 17.1 Å². The minimum atomic E-state index is -0.661. The standard InChI is InChI=1S/C17H18O4/c1-10(2)8-9-13-14(17(20)21-3)16(19)12-7-5-4-6-11(12)15(13)18/h4-8,18-19H,9H2,1-3H3. The zero-order valence-corrected chi connectivity index (χ0v) is 12.3. The fourth-order valence-electron chi connectivity index (χ4n) is 2.28. The van der Waals surface area contributed by atoms with Crippen LogP contribution in [-0.2, 0) is 11.2 Å². The molecule has 21 heavy (non-hydrogen) atoms. The number of allylic oxidation sites excluding steroid dienone is 2. The highest BCUT2D eigenvalue weighted by molar-refractivity contribution is 6.05. The molecule has 0 unspecified atom stereocenters. The van der Waals surface area contributed by atoms with Gasteiger partial charge >= 0.3 is 5.97 Å². The number of aromatic hydroxyl groups is 2. The molecule has 0 heterocycles. The van der Waals surface area contributed by atoms with Crippen molar-refractivity contribution in [3.05, 3.63) is 47.0 Å². The van der Waals surface area contributed by atoms with Gasteiger partial charge in [0, 0.05) is 16.3 Å². The van der Waals surface area contributed by atoms with Gasteiger partial charge in [-0.15, -0.1) is 0 Å². The number of hydrogen-bond donors (Lipinski definition) is 2. The normalized spacial score (nSPS) is 10.4. The number of hydrogen-bond acceptors (Lipinski definition) is 4. The Morgan fingerprint density at radius 3 is 2.24 bits per heavy atom. The predicted octanol–water partition coefficient (Wildman–Crippen LogP) is 3.55. The van der Waals surface area contributed by atoms with E-state index in [0.717, 1.165) is 5.57 Å². The van der Waals surface area contributed by atoms with E-state index in [9.17, 15) is 15.0 Å². The van der Waals surface area contributed by atoms with Crippen LogP contribution >= 0.6 is 0 Å². The van der Waals surface area contributed by atoms with Crippen molar-refractivity contribution in [2.24, 2.45) is 0 Å². The van der Waals surface area contributed by atoms with Crippen molar-refractivity contribution < 1.29 is 19.7 Å². The smallest absolute Gasteiger partial charge is 0.342 e. The summed E-state index contributed by atoms with van der Waals surface area (Å²) >= 11 is 0. The number of rotatable bonds is 3. The average Bonchev–Trinajstić information content (AvgIpc) is 2.48. The van der Waals surface area contributed by atoms with Crippen molar-refractivity contribution in [2.45, 2.75) is 20.3 Å². The Bertz CT molecular complexity index is 725. The van der Waals surface area contributed by atoms with Crippen molar-refractivity contribution in [1.29, 1.82) is 0 Å². The number of phenols is 2. The van der Waals surface area contributed by atoms with Crippen molar-refractivity contribution in [3.8, 4) is 11.5 Å². The molecule has 0 aromatic heterocycles. The summed E-state index contributed by atoms with van der Waals surface area (Å²) in [5.41, 5.74) is 1.45. The number of benzene rings is 2. The van der Waals surface area contributed by atoms with Crippen LogP contribution < -0.4 is 0 Å². The maximum absolute atomic E-state index is 12.0. The van der Waals surface area contributed by atoms with Gasteiger partial charge in [0.15, 0.2) is 0 Å². The van der Waals surface area contributed by atoms with Crippen molar-refractivity contribution in [2.75, 3.05) is 7.11 Å². The molecule has 0 spiro atoms. The number of carbonyl (C=O) groups is 1. The summed E-state index contributed by atoms with van der Waals surface area (Å²) < 4.78 is 4.74. The maximum atomic E-state index is 12.0. The van der Waals surface area contributed by atoms with Gasteiger partial charge < -0.3 is 14.9 Å². The lowest BCUT2D eigenvalue weighted by atomic mass is 9.95. The summed E-state index contributed by atoms with van der Waals surface area (Å²) in [4.78, 5) is 12.0. The minimum Gasteiger partial charge on any atom is -0.507 e. The van der Waals surface area contributed by atoms with Gasteiger partial charge in [-0.25, -0.2) is 4.79 Å². The second-order valence-corrected chi connectivity index (χ2v) is 5.07. The Labute approximate surface area is 123 Å². The van der Waals surface area contributed by atoms with Crippen LogP contribution in [0.15, 0.2) is 35.9 Å². The maximum Gasteiger partial charge on any atom is 0.342 e. The van der Waals surface area contributed by atoms with Crippen molar-refractivity contribution in [3.63, 3.8) is 0 Å². The third-order valence-corrected chi connectivity index (χ3v) is 3.37. The van der Waals surface area contributed by atoms with Gasteiger partial charge in [0.05, 0.1) is 7.11 Å². The molecule has 0 amide bonds. The summed E-state index contributed by atoms with van der Waals surface area (Å²) in [7, 11) is 1.25. The lowest BCUT2D eigenvalue weighted by Crippen LogP contribution is -2.07. The van der Waals surface area contributed by atoms with E-state index < -0.39 is 5.97 Å². The molecule has 0 saturated heterocycles. The average molecular weight is 286 g/mol.